The van der Waals surface area contributed by atoms with E-state index in [1.165, 1.54) is 6.08 Å². The fraction of sp³-hybridized carbons (Fsp3) is 0.632. The first kappa shape index (κ1) is 21.0. The summed E-state index contributed by atoms with van der Waals surface area (Å²) in [5, 5.41) is 7.40. The van der Waals surface area contributed by atoms with E-state index in [0.717, 1.165) is 23.4 Å². The molecule has 0 bridgehead atoms. The number of likely N-dealkylation sites (N-methyl/N-ethyl adjacent to an activating group) is 1. The van der Waals surface area contributed by atoms with Gasteiger partial charge >= 0.3 is 6.09 Å². The minimum atomic E-state index is -0.526. The van der Waals surface area contributed by atoms with Crippen molar-refractivity contribution in [3.05, 3.63) is 29.1 Å². The highest BCUT2D eigenvalue weighted by Gasteiger charge is 2.29. The van der Waals surface area contributed by atoms with Crippen molar-refractivity contribution in [2.24, 2.45) is 7.05 Å². The summed E-state index contributed by atoms with van der Waals surface area (Å²) in [6.07, 6.45) is 3.74. The molecule has 0 fully saturated rings. The smallest absolute Gasteiger partial charge is 0.410 e. The van der Waals surface area contributed by atoms with Gasteiger partial charge in [0.2, 0.25) is 5.91 Å². The predicted molar refractivity (Wildman–Crippen MR) is 103 cm³/mol. The number of ether oxygens (including phenoxy) is 1. The molecular weight excluding hydrogens is 346 g/mol. The van der Waals surface area contributed by atoms with Gasteiger partial charge in [0.25, 0.3) is 0 Å². The number of amides is 2. The van der Waals surface area contributed by atoms with Crippen LogP contribution < -0.4 is 5.32 Å². The van der Waals surface area contributed by atoms with Crippen LogP contribution >= 0.6 is 0 Å². The molecule has 0 aromatic carbocycles. The Morgan fingerprint density at radius 1 is 1.33 bits per heavy atom. The van der Waals surface area contributed by atoms with Crippen LogP contribution in [0.2, 0.25) is 0 Å². The largest absolute Gasteiger partial charge is 0.444 e. The highest BCUT2D eigenvalue weighted by atomic mass is 16.6. The van der Waals surface area contributed by atoms with Gasteiger partial charge in [0.05, 0.1) is 18.8 Å². The number of rotatable bonds is 5. The molecule has 1 aromatic rings. The average Bonchev–Trinajstić information content (AvgIpc) is 2.86. The third-order valence-corrected chi connectivity index (χ3v) is 4.15. The molecule has 0 aliphatic carbocycles. The third-order valence-electron chi connectivity index (χ3n) is 4.15. The molecule has 27 heavy (non-hydrogen) atoms. The van der Waals surface area contributed by atoms with Crippen molar-refractivity contribution in [2.75, 3.05) is 27.2 Å². The maximum Gasteiger partial charge on any atom is 0.410 e. The molecule has 1 N–H and O–H groups in total. The number of carbonyl (C=O) groups excluding carboxylic acids is 2. The summed E-state index contributed by atoms with van der Waals surface area (Å²) < 4.78 is 7.32. The van der Waals surface area contributed by atoms with E-state index in [1.807, 2.05) is 57.6 Å². The van der Waals surface area contributed by atoms with E-state index >= 15 is 0 Å². The Bertz CT molecular complexity index is 716. The minimum absolute atomic E-state index is 0.156. The van der Waals surface area contributed by atoms with E-state index in [9.17, 15) is 9.59 Å². The average molecular weight is 377 g/mol. The lowest BCUT2D eigenvalue weighted by molar-refractivity contribution is -0.116. The summed E-state index contributed by atoms with van der Waals surface area (Å²) in [7, 11) is 5.78. The first-order valence-corrected chi connectivity index (χ1v) is 9.17. The van der Waals surface area contributed by atoms with Crippen LogP contribution in [0.15, 0.2) is 12.2 Å². The van der Waals surface area contributed by atoms with Crippen molar-refractivity contribution < 1.29 is 14.3 Å². The second-order valence-corrected chi connectivity index (χ2v) is 8.03. The Morgan fingerprint density at radius 3 is 2.67 bits per heavy atom. The lowest BCUT2D eigenvalue weighted by atomic mass is 10.1. The Balaban J connectivity index is 2.02. The topological polar surface area (TPSA) is 79.7 Å². The lowest BCUT2D eigenvalue weighted by Crippen LogP contribution is -2.40. The molecule has 150 valence electrons. The predicted octanol–water partition coefficient (Wildman–Crippen LogP) is 1.45. The van der Waals surface area contributed by atoms with Gasteiger partial charge in [0, 0.05) is 43.9 Å². The molecule has 1 aromatic heterocycles. The molecule has 1 aliphatic rings. The number of nitrogens with zero attached hydrogens (tertiary/aromatic N) is 4. The van der Waals surface area contributed by atoms with Gasteiger partial charge in [-0.3, -0.25) is 9.48 Å². The summed E-state index contributed by atoms with van der Waals surface area (Å²) in [5.74, 6) is -0.156. The number of nitrogens with one attached hydrogen (secondary N) is 1. The fourth-order valence-corrected chi connectivity index (χ4v) is 2.89. The maximum absolute atomic E-state index is 12.4. The number of carbonyl (C=O) groups is 2. The van der Waals surface area contributed by atoms with Gasteiger partial charge in [0.15, 0.2) is 0 Å². The second kappa shape index (κ2) is 8.56. The zero-order valence-electron chi connectivity index (χ0n) is 17.2. The molecular formula is C19H31N5O3. The molecule has 2 heterocycles. The van der Waals surface area contributed by atoms with Crippen molar-refractivity contribution >= 4 is 12.0 Å². The van der Waals surface area contributed by atoms with Gasteiger partial charge in [0.1, 0.15) is 5.60 Å². The Hall–Kier alpha value is -2.35. The van der Waals surface area contributed by atoms with Crippen molar-refractivity contribution in [3.63, 3.8) is 0 Å². The van der Waals surface area contributed by atoms with Crippen molar-refractivity contribution in [1.29, 1.82) is 0 Å². The standard InChI is InChI=1S/C19H31N5O3/c1-19(2,3)27-18(26)24-11-9-16-14(13-24)15(21-23(16)6)12-20-17(25)8-7-10-22(4)5/h7-8H,9-13H2,1-6H3,(H,20,25)/b8-7+. The molecule has 0 radical (unpaired) electrons. The monoisotopic (exact) mass is 377 g/mol. The van der Waals surface area contributed by atoms with Crippen LogP contribution in [0.25, 0.3) is 0 Å². The summed E-state index contributed by atoms with van der Waals surface area (Å²) in [6, 6.07) is 0. The van der Waals surface area contributed by atoms with Crippen LogP contribution in [0, 0.1) is 0 Å². The van der Waals surface area contributed by atoms with E-state index in [2.05, 4.69) is 10.4 Å². The summed E-state index contributed by atoms with van der Waals surface area (Å²) in [5.41, 5.74) is 2.35. The van der Waals surface area contributed by atoms with E-state index in [-0.39, 0.29) is 12.0 Å². The lowest BCUT2D eigenvalue weighted by Gasteiger charge is -2.30. The molecule has 2 rings (SSSR count). The van der Waals surface area contributed by atoms with Crippen molar-refractivity contribution in [2.45, 2.75) is 45.9 Å². The van der Waals surface area contributed by atoms with Crippen LogP contribution in [0.3, 0.4) is 0 Å². The van der Waals surface area contributed by atoms with E-state index in [4.69, 9.17) is 4.74 Å². The Labute approximate surface area is 161 Å². The quantitative estimate of drug-likeness (QED) is 0.786. The zero-order valence-corrected chi connectivity index (χ0v) is 17.2. The van der Waals surface area contributed by atoms with Gasteiger partial charge in [-0.05, 0) is 34.9 Å². The van der Waals surface area contributed by atoms with Gasteiger partial charge in [-0.25, -0.2) is 4.79 Å². The SMILES string of the molecule is CN(C)C/C=C/C(=O)NCc1nn(C)c2c1CN(C(=O)OC(C)(C)C)CC2. The van der Waals surface area contributed by atoms with Crippen LogP contribution in [0.1, 0.15) is 37.7 Å². The highest BCUT2D eigenvalue weighted by molar-refractivity contribution is 5.87. The van der Waals surface area contributed by atoms with E-state index in [1.54, 1.807) is 4.90 Å². The van der Waals surface area contributed by atoms with Crippen LogP contribution in [0.5, 0.6) is 0 Å². The molecule has 0 unspecified atom stereocenters. The van der Waals surface area contributed by atoms with Gasteiger partial charge in [-0.15, -0.1) is 0 Å². The van der Waals surface area contributed by atoms with Gasteiger partial charge in [-0.2, -0.15) is 5.10 Å². The third kappa shape index (κ3) is 6.09. The molecule has 0 spiro atoms. The second-order valence-electron chi connectivity index (χ2n) is 8.03. The molecule has 0 atom stereocenters. The summed E-state index contributed by atoms with van der Waals surface area (Å²) in [4.78, 5) is 28.0. The molecule has 2 amide bonds. The van der Waals surface area contributed by atoms with Crippen molar-refractivity contribution in [3.8, 4) is 0 Å². The first-order chi connectivity index (χ1) is 12.6. The zero-order chi connectivity index (χ0) is 20.2. The summed E-state index contributed by atoms with van der Waals surface area (Å²) in [6.45, 7) is 7.65. The highest BCUT2D eigenvalue weighted by Crippen LogP contribution is 2.23. The number of fused-ring (bicyclic) bond motifs is 1. The maximum atomic E-state index is 12.4. The van der Waals surface area contributed by atoms with E-state index in [0.29, 0.717) is 26.2 Å². The Kier molecular flexibility index (Phi) is 6.64. The molecule has 8 heteroatoms. The molecule has 0 saturated heterocycles. The molecule has 0 saturated carbocycles. The van der Waals surface area contributed by atoms with Crippen LogP contribution in [0.4, 0.5) is 4.79 Å². The van der Waals surface area contributed by atoms with Crippen LogP contribution in [-0.2, 0) is 36.1 Å². The molecule has 8 nitrogen and oxygen atoms in total. The number of aryl methyl sites for hydroxylation is 1. The number of aromatic nitrogens is 2. The molecule has 1 aliphatic heterocycles. The number of hydrogen-bond donors (Lipinski definition) is 1. The Morgan fingerprint density at radius 2 is 2.04 bits per heavy atom. The number of hydrogen-bond acceptors (Lipinski definition) is 5. The van der Waals surface area contributed by atoms with Gasteiger partial charge in [-0.1, -0.05) is 6.08 Å². The van der Waals surface area contributed by atoms with Crippen LogP contribution in [-0.4, -0.2) is 64.4 Å². The normalized spacial score (nSPS) is 14.6. The van der Waals surface area contributed by atoms with E-state index < -0.39 is 5.60 Å². The van der Waals surface area contributed by atoms with Gasteiger partial charge < -0.3 is 19.9 Å². The summed E-state index contributed by atoms with van der Waals surface area (Å²) >= 11 is 0. The van der Waals surface area contributed by atoms with Crippen molar-refractivity contribution in [1.82, 2.24) is 24.9 Å². The first-order valence-electron chi connectivity index (χ1n) is 9.17. The minimum Gasteiger partial charge on any atom is -0.444 e. The fourth-order valence-electron chi connectivity index (χ4n) is 2.89.